The minimum Gasteiger partial charge on any atom is -0.352 e. The number of carbonyl (C=O) groups is 1. The Morgan fingerprint density at radius 2 is 2.00 bits per heavy atom. The minimum atomic E-state index is 0. The molecule has 6 heteroatoms. The summed E-state index contributed by atoms with van der Waals surface area (Å²) in [4.78, 5) is 14.3. The van der Waals surface area contributed by atoms with Crippen LogP contribution in [0.15, 0.2) is 24.3 Å². The number of amides is 1. The molecule has 1 aliphatic rings. The average Bonchev–Trinajstić information content (AvgIpc) is 2.90. The molecular weight excluding hydrogens is 345 g/mol. The number of rotatable bonds is 7. The van der Waals surface area contributed by atoms with Gasteiger partial charge in [0, 0.05) is 25.6 Å². The Morgan fingerprint density at radius 1 is 1.29 bits per heavy atom. The largest absolute Gasteiger partial charge is 0.352 e. The maximum Gasteiger partial charge on any atom is 0.220 e. The van der Waals surface area contributed by atoms with Crippen molar-refractivity contribution < 1.29 is 4.79 Å². The summed E-state index contributed by atoms with van der Waals surface area (Å²) in [6, 6.07) is 8.64. The first-order chi connectivity index (χ1) is 10.6. The van der Waals surface area contributed by atoms with Crippen molar-refractivity contribution in [3.8, 4) is 0 Å². The standard InChI is InChI=1S/C18H29N3O.2ClH/c1-3-21(2)13-15-7-4-6-14(10-15)12-20-18(22)11-16-8-5-9-17(16)19;;/h4,6-7,10,16-17H,3,5,8-9,11-13,19H2,1-2H3,(H,20,22);2*1H/t16-,17+;;/m0../s1. The van der Waals surface area contributed by atoms with Gasteiger partial charge in [0.15, 0.2) is 0 Å². The number of nitrogens with two attached hydrogens (primary N) is 1. The van der Waals surface area contributed by atoms with Crippen LogP contribution in [0, 0.1) is 5.92 Å². The summed E-state index contributed by atoms with van der Waals surface area (Å²) < 4.78 is 0. The van der Waals surface area contributed by atoms with Crippen LogP contribution < -0.4 is 11.1 Å². The smallest absolute Gasteiger partial charge is 0.220 e. The molecule has 1 aliphatic carbocycles. The monoisotopic (exact) mass is 375 g/mol. The predicted octanol–water partition coefficient (Wildman–Crippen LogP) is 3.12. The van der Waals surface area contributed by atoms with E-state index in [0.29, 0.717) is 18.9 Å². The lowest BCUT2D eigenvalue weighted by Gasteiger charge is -2.16. The number of hydrogen-bond donors (Lipinski definition) is 2. The number of carbonyl (C=O) groups excluding carboxylic acids is 1. The van der Waals surface area contributed by atoms with Crippen LogP contribution in [0.25, 0.3) is 0 Å². The first kappa shape index (κ1) is 23.2. The molecule has 3 N–H and O–H groups in total. The van der Waals surface area contributed by atoms with Gasteiger partial charge in [-0.1, -0.05) is 37.6 Å². The molecule has 0 bridgehead atoms. The molecule has 1 saturated carbocycles. The molecule has 1 aromatic carbocycles. The van der Waals surface area contributed by atoms with Crippen molar-refractivity contribution in [1.29, 1.82) is 0 Å². The van der Waals surface area contributed by atoms with Crippen molar-refractivity contribution in [2.75, 3.05) is 13.6 Å². The number of hydrogen-bond acceptors (Lipinski definition) is 3. The summed E-state index contributed by atoms with van der Waals surface area (Å²) in [6.07, 6.45) is 3.88. The molecule has 0 saturated heterocycles. The molecule has 0 aromatic heterocycles. The van der Waals surface area contributed by atoms with E-state index in [9.17, 15) is 4.79 Å². The molecule has 1 amide bonds. The van der Waals surface area contributed by atoms with Crippen LogP contribution in [0.5, 0.6) is 0 Å². The third-order valence-corrected chi connectivity index (χ3v) is 4.64. The molecule has 2 atom stereocenters. The van der Waals surface area contributed by atoms with Gasteiger partial charge in [0.05, 0.1) is 0 Å². The molecule has 24 heavy (non-hydrogen) atoms. The third kappa shape index (κ3) is 7.39. The van der Waals surface area contributed by atoms with Crippen LogP contribution in [0.1, 0.15) is 43.7 Å². The fourth-order valence-electron chi connectivity index (χ4n) is 3.09. The quantitative estimate of drug-likeness (QED) is 0.769. The lowest BCUT2D eigenvalue weighted by atomic mass is 10.00. The van der Waals surface area contributed by atoms with Gasteiger partial charge in [-0.15, -0.1) is 24.8 Å². The molecule has 1 aromatic rings. The van der Waals surface area contributed by atoms with Gasteiger partial charge in [0.2, 0.25) is 5.91 Å². The van der Waals surface area contributed by atoms with Crippen molar-refractivity contribution in [2.24, 2.45) is 11.7 Å². The van der Waals surface area contributed by atoms with Gasteiger partial charge in [0.25, 0.3) is 0 Å². The van der Waals surface area contributed by atoms with Gasteiger partial charge in [-0.05, 0) is 43.5 Å². The topological polar surface area (TPSA) is 58.4 Å². The highest BCUT2D eigenvalue weighted by molar-refractivity contribution is 5.85. The average molecular weight is 376 g/mol. The van der Waals surface area contributed by atoms with E-state index in [2.05, 4.69) is 48.5 Å². The fraction of sp³-hybridized carbons (Fsp3) is 0.611. The van der Waals surface area contributed by atoms with Crippen LogP contribution in [-0.4, -0.2) is 30.4 Å². The molecule has 1 fully saturated rings. The first-order valence-electron chi connectivity index (χ1n) is 8.37. The summed E-state index contributed by atoms with van der Waals surface area (Å²) in [5, 5.41) is 3.03. The van der Waals surface area contributed by atoms with E-state index < -0.39 is 0 Å². The molecule has 138 valence electrons. The van der Waals surface area contributed by atoms with Gasteiger partial charge >= 0.3 is 0 Å². The molecule has 0 spiro atoms. The van der Waals surface area contributed by atoms with Crippen LogP contribution in [0.2, 0.25) is 0 Å². The highest BCUT2D eigenvalue weighted by Gasteiger charge is 2.25. The van der Waals surface area contributed by atoms with Gasteiger partial charge in [-0.2, -0.15) is 0 Å². The molecule has 0 aliphatic heterocycles. The maximum atomic E-state index is 12.1. The number of benzene rings is 1. The third-order valence-electron chi connectivity index (χ3n) is 4.64. The predicted molar refractivity (Wildman–Crippen MR) is 105 cm³/mol. The molecule has 2 rings (SSSR count). The van der Waals surface area contributed by atoms with E-state index in [-0.39, 0.29) is 36.8 Å². The molecule has 4 nitrogen and oxygen atoms in total. The lowest BCUT2D eigenvalue weighted by molar-refractivity contribution is -0.122. The zero-order valence-electron chi connectivity index (χ0n) is 14.7. The zero-order chi connectivity index (χ0) is 15.9. The summed E-state index contributed by atoms with van der Waals surface area (Å²) in [5.74, 6) is 0.489. The molecule has 0 heterocycles. The Bertz CT molecular complexity index is 499. The van der Waals surface area contributed by atoms with E-state index in [1.807, 2.05) is 0 Å². The normalized spacial score (nSPS) is 19.5. The lowest BCUT2D eigenvalue weighted by Crippen LogP contribution is -2.31. The summed E-state index contributed by atoms with van der Waals surface area (Å²) in [7, 11) is 2.11. The highest BCUT2D eigenvalue weighted by Crippen LogP contribution is 2.26. The number of nitrogens with one attached hydrogen (secondary N) is 1. The Kier molecular flexibility index (Phi) is 11.3. The number of nitrogens with zero attached hydrogens (tertiary/aromatic N) is 1. The Balaban J connectivity index is 0.00000264. The zero-order valence-corrected chi connectivity index (χ0v) is 16.3. The molecular formula is C18H31Cl2N3O. The highest BCUT2D eigenvalue weighted by atomic mass is 35.5. The Hall–Kier alpha value is -0.810. The second-order valence-electron chi connectivity index (χ2n) is 6.49. The summed E-state index contributed by atoms with van der Waals surface area (Å²) in [6.45, 7) is 4.72. The van der Waals surface area contributed by atoms with Crippen LogP contribution in [0.4, 0.5) is 0 Å². The first-order valence-corrected chi connectivity index (χ1v) is 8.37. The second-order valence-corrected chi connectivity index (χ2v) is 6.49. The van der Waals surface area contributed by atoms with Crippen molar-refractivity contribution in [1.82, 2.24) is 10.2 Å². The van der Waals surface area contributed by atoms with E-state index in [0.717, 1.165) is 37.9 Å². The molecule has 0 radical (unpaired) electrons. The van der Waals surface area contributed by atoms with Crippen LogP contribution in [-0.2, 0) is 17.9 Å². The Morgan fingerprint density at radius 3 is 2.62 bits per heavy atom. The SMILES string of the molecule is CCN(C)Cc1cccc(CNC(=O)C[C@@H]2CCC[C@H]2N)c1.Cl.Cl. The van der Waals surface area contributed by atoms with Crippen molar-refractivity contribution in [2.45, 2.75) is 51.7 Å². The van der Waals surface area contributed by atoms with Crippen molar-refractivity contribution in [3.05, 3.63) is 35.4 Å². The van der Waals surface area contributed by atoms with E-state index in [4.69, 9.17) is 5.73 Å². The van der Waals surface area contributed by atoms with E-state index in [1.54, 1.807) is 0 Å². The number of halogens is 2. The van der Waals surface area contributed by atoms with Gasteiger partial charge in [-0.25, -0.2) is 0 Å². The Labute approximate surface area is 158 Å². The van der Waals surface area contributed by atoms with Crippen LogP contribution >= 0.6 is 24.8 Å². The maximum absolute atomic E-state index is 12.1. The van der Waals surface area contributed by atoms with E-state index in [1.165, 1.54) is 5.56 Å². The van der Waals surface area contributed by atoms with Crippen LogP contribution in [0.3, 0.4) is 0 Å². The fourth-order valence-corrected chi connectivity index (χ4v) is 3.09. The second kappa shape index (κ2) is 11.7. The van der Waals surface area contributed by atoms with Gasteiger partial charge in [0.1, 0.15) is 0 Å². The summed E-state index contributed by atoms with van der Waals surface area (Å²) >= 11 is 0. The van der Waals surface area contributed by atoms with Gasteiger partial charge in [-0.3, -0.25) is 4.79 Å². The minimum absolute atomic E-state index is 0. The van der Waals surface area contributed by atoms with Crippen molar-refractivity contribution in [3.63, 3.8) is 0 Å². The van der Waals surface area contributed by atoms with Crippen molar-refractivity contribution >= 4 is 30.7 Å². The summed E-state index contributed by atoms with van der Waals surface area (Å²) in [5.41, 5.74) is 8.47. The van der Waals surface area contributed by atoms with Gasteiger partial charge < -0.3 is 16.0 Å². The van der Waals surface area contributed by atoms with E-state index >= 15 is 0 Å². The molecule has 0 unspecified atom stereocenters.